The number of rotatable bonds is 7. The Morgan fingerprint density at radius 2 is 1.74 bits per heavy atom. The monoisotopic (exact) mass is 434 g/mol. The second-order valence-electron chi connectivity index (χ2n) is 7.33. The molecule has 7 heteroatoms. The van der Waals surface area contributed by atoms with Crippen LogP contribution in [0.5, 0.6) is 5.75 Å². The summed E-state index contributed by atoms with van der Waals surface area (Å²) in [6.07, 6.45) is 3.80. The first-order chi connectivity index (χ1) is 14.9. The third-order valence-electron chi connectivity index (χ3n) is 5.34. The molecular formula is C24H22N2O4S. The van der Waals surface area contributed by atoms with E-state index in [1.807, 2.05) is 42.5 Å². The molecule has 3 aromatic carbocycles. The van der Waals surface area contributed by atoms with Crippen molar-refractivity contribution in [2.75, 3.05) is 18.7 Å². The van der Waals surface area contributed by atoms with Crippen LogP contribution in [0, 0.1) is 0 Å². The van der Waals surface area contributed by atoms with Crippen molar-refractivity contribution in [3.8, 4) is 5.75 Å². The Morgan fingerprint density at radius 3 is 2.42 bits per heavy atom. The number of hydrogen-bond donors (Lipinski definition) is 2. The van der Waals surface area contributed by atoms with Crippen molar-refractivity contribution < 1.29 is 17.9 Å². The fraction of sp³-hybridized carbons (Fsp3) is 0.125. The number of ether oxygens (including phenoxy) is 1. The highest BCUT2D eigenvalue weighted by molar-refractivity contribution is 7.90. The normalized spacial score (nSPS) is 13.5. The molecule has 0 aliphatic heterocycles. The molecule has 4 rings (SSSR count). The molecule has 0 aliphatic carbocycles. The van der Waals surface area contributed by atoms with Crippen molar-refractivity contribution in [1.29, 1.82) is 0 Å². The predicted octanol–water partition coefficient (Wildman–Crippen LogP) is 4.13. The van der Waals surface area contributed by atoms with Crippen molar-refractivity contribution in [2.24, 2.45) is 0 Å². The molecular weight excluding hydrogens is 412 g/mol. The predicted molar refractivity (Wildman–Crippen MR) is 121 cm³/mol. The van der Waals surface area contributed by atoms with Crippen LogP contribution in [0.25, 0.3) is 10.9 Å². The molecule has 158 valence electrons. The number of aldehydes is 1. The van der Waals surface area contributed by atoms with Crippen LogP contribution in [0.1, 0.15) is 11.1 Å². The molecule has 6 nitrogen and oxygen atoms in total. The number of H-pyrrole nitrogens is 1. The van der Waals surface area contributed by atoms with Crippen LogP contribution in [0.15, 0.2) is 83.9 Å². The van der Waals surface area contributed by atoms with E-state index in [1.165, 1.54) is 12.1 Å². The third kappa shape index (κ3) is 3.80. The van der Waals surface area contributed by atoms with E-state index in [1.54, 1.807) is 31.5 Å². The minimum absolute atomic E-state index is 0.191. The van der Waals surface area contributed by atoms with Crippen molar-refractivity contribution in [3.63, 3.8) is 0 Å². The van der Waals surface area contributed by atoms with Crippen LogP contribution in [0.2, 0.25) is 0 Å². The quantitative estimate of drug-likeness (QED) is 0.427. The zero-order valence-electron chi connectivity index (χ0n) is 17.1. The van der Waals surface area contributed by atoms with Crippen LogP contribution < -0.4 is 10.1 Å². The zero-order valence-corrected chi connectivity index (χ0v) is 17.9. The maximum atomic E-state index is 12.8. The average molecular weight is 435 g/mol. The number of aromatic amines is 1. The Morgan fingerprint density at radius 1 is 1.00 bits per heavy atom. The van der Waals surface area contributed by atoms with Crippen LogP contribution >= 0.6 is 0 Å². The van der Waals surface area contributed by atoms with Crippen LogP contribution in [0.4, 0.5) is 5.69 Å². The minimum Gasteiger partial charge on any atom is -0.497 e. The molecule has 0 fully saturated rings. The van der Waals surface area contributed by atoms with E-state index >= 15 is 0 Å². The van der Waals surface area contributed by atoms with Gasteiger partial charge in [-0.3, -0.25) is 4.79 Å². The summed E-state index contributed by atoms with van der Waals surface area (Å²) in [6, 6.07) is 21.4. The highest BCUT2D eigenvalue weighted by atomic mass is 32.2. The summed E-state index contributed by atoms with van der Waals surface area (Å²) in [5, 5.41) is 4.25. The summed E-state index contributed by atoms with van der Waals surface area (Å²) in [5.74, 6) is 0.649. The van der Waals surface area contributed by atoms with Gasteiger partial charge >= 0.3 is 0 Å². The topological polar surface area (TPSA) is 88.3 Å². The maximum absolute atomic E-state index is 12.8. The molecule has 0 aliphatic rings. The molecule has 2 N–H and O–H groups in total. The smallest absolute Gasteiger partial charge is 0.175 e. The van der Waals surface area contributed by atoms with E-state index in [2.05, 4.69) is 10.3 Å². The number of para-hydroxylation sites is 1. The number of hydrogen-bond acceptors (Lipinski definition) is 5. The Labute approximate surface area is 180 Å². The number of aromatic nitrogens is 1. The van der Waals surface area contributed by atoms with Crippen molar-refractivity contribution >= 4 is 32.7 Å². The van der Waals surface area contributed by atoms with Gasteiger partial charge in [0.1, 0.15) is 11.3 Å². The summed E-state index contributed by atoms with van der Waals surface area (Å²) < 4.78 is 29.2. The Bertz CT molecular complexity index is 1340. The SMILES string of the molecule is COc1cccc(NC(C=O)(c2ccc(S(C)(=O)=O)cc2)c2c[nH]c3ccccc23)c1. The maximum Gasteiger partial charge on any atom is 0.175 e. The lowest BCUT2D eigenvalue weighted by Gasteiger charge is -2.31. The van der Waals surface area contributed by atoms with E-state index < -0.39 is 15.4 Å². The van der Waals surface area contributed by atoms with E-state index in [-0.39, 0.29) is 4.90 Å². The second-order valence-corrected chi connectivity index (χ2v) is 9.34. The summed E-state index contributed by atoms with van der Waals surface area (Å²) in [7, 11) is -1.78. The van der Waals surface area contributed by atoms with E-state index in [0.29, 0.717) is 17.0 Å². The Hall–Kier alpha value is -3.58. The van der Waals surface area contributed by atoms with E-state index in [4.69, 9.17) is 4.74 Å². The largest absolute Gasteiger partial charge is 0.497 e. The van der Waals surface area contributed by atoms with Crippen LogP contribution in [-0.4, -0.2) is 33.1 Å². The molecule has 0 saturated carbocycles. The van der Waals surface area contributed by atoms with Crippen molar-refractivity contribution in [2.45, 2.75) is 10.4 Å². The highest BCUT2D eigenvalue weighted by Gasteiger charge is 2.37. The third-order valence-corrected chi connectivity index (χ3v) is 6.47. The van der Waals surface area contributed by atoms with Gasteiger partial charge in [0.2, 0.25) is 0 Å². The number of sulfone groups is 1. The summed E-state index contributed by atoms with van der Waals surface area (Å²) in [6.45, 7) is 0. The minimum atomic E-state index is -3.36. The van der Waals surface area contributed by atoms with Crippen molar-refractivity contribution in [1.82, 2.24) is 4.98 Å². The van der Waals surface area contributed by atoms with E-state index in [0.717, 1.165) is 29.0 Å². The zero-order chi connectivity index (χ0) is 22.1. The number of nitrogens with one attached hydrogen (secondary N) is 2. The van der Waals surface area contributed by atoms with E-state index in [9.17, 15) is 13.2 Å². The summed E-state index contributed by atoms with van der Waals surface area (Å²) in [4.78, 5) is 16.2. The number of fused-ring (bicyclic) bond motifs is 1. The number of carbonyl (C=O) groups excluding carboxylic acids is 1. The van der Waals surface area contributed by atoms with Gasteiger partial charge in [0.15, 0.2) is 16.1 Å². The molecule has 1 unspecified atom stereocenters. The molecule has 1 heterocycles. The molecule has 0 bridgehead atoms. The lowest BCUT2D eigenvalue weighted by Crippen LogP contribution is -2.38. The molecule has 1 atom stereocenters. The standard InChI is InChI=1S/C24H22N2O4S/c1-30-19-7-5-6-18(14-19)26-24(16-27,17-10-12-20(13-11-17)31(2,28)29)22-15-25-23-9-4-3-8-21(22)23/h3-16,25-26H,1-2H3. The molecule has 1 aromatic heterocycles. The Kier molecular flexibility index (Phi) is 5.29. The van der Waals surface area contributed by atoms with Gasteiger partial charge < -0.3 is 15.0 Å². The fourth-order valence-corrected chi connectivity index (χ4v) is 4.38. The first-order valence-corrected chi connectivity index (χ1v) is 11.5. The van der Waals surface area contributed by atoms with Gasteiger partial charge in [-0.1, -0.05) is 36.4 Å². The molecule has 0 spiro atoms. The molecule has 4 aromatic rings. The molecule has 0 saturated heterocycles. The van der Waals surface area contributed by atoms with Gasteiger partial charge in [-0.2, -0.15) is 0 Å². The average Bonchev–Trinajstić information content (AvgIpc) is 3.22. The number of methoxy groups -OCH3 is 1. The summed E-state index contributed by atoms with van der Waals surface area (Å²) >= 11 is 0. The molecule has 0 radical (unpaired) electrons. The first-order valence-electron chi connectivity index (χ1n) is 9.63. The van der Waals surface area contributed by atoms with Crippen LogP contribution in [0.3, 0.4) is 0 Å². The Balaban J connectivity index is 1.93. The van der Waals surface area contributed by atoms with Gasteiger partial charge in [0.05, 0.1) is 12.0 Å². The van der Waals surface area contributed by atoms with Crippen molar-refractivity contribution in [3.05, 3.63) is 90.1 Å². The fourth-order valence-electron chi connectivity index (χ4n) is 3.75. The van der Waals surface area contributed by atoms with Gasteiger partial charge in [0, 0.05) is 40.7 Å². The number of anilines is 1. The molecule has 0 amide bonds. The number of benzene rings is 3. The first kappa shape index (κ1) is 20.7. The van der Waals surface area contributed by atoms with Gasteiger partial charge in [-0.05, 0) is 35.9 Å². The van der Waals surface area contributed by atoms with Gasteiger partial charge in [-0.25, -0.2) is 8.42 Å². The van der Waals surface area contributed by atoms with Crippen LogP contribution in [-0.2, 0) is 20.2 Å². The van der Waals surface area contributed by atoms with Gasteiger partial charge in [0.25, 0.3) is 0 Å². The lowest BCUT2D eigenvalue weighted by molar-refractivity contribution is -0.110. The number of carbonyl (C=O) groups is 1. The summed E-state index contributed by atoms with van der Waals surface area (Å²) in [5.41, 5.74) is 1.66. The van der Waals surface area contributed by atoms with Gasteiger partial charge in [-0.15, -0.1) is 0 Å². The lowest BCUT2D eigenvalue weighted by atomic mass is 9.83. The highest BCUT2D eigenvalue weighted by Crippen LogP contribution is 2.37. The molecule has 31 heavy (non-hydrogen) atoms. The second kappa shape index (κ2) is 7.92.